The smallest absolute Gasteiger partial charge is 0.180 e. The lowest BCUT2D eigenvalue weighted by molar-refractivity contribution is 0.371. The molecule has 0 aromatic carbocycles. The van der Waals surface area contributed by atoms with E-state index in [0.717, 1.165) is 18.8 Å². The lowest BCUT2D eigenvalue weighted by atomic mass is 9.78. The van der Waals surface area contributed by atoms with Crippen molar-refractivity contribution in [1.82, 2.24) is 0 Å². The van der Waals surface area contributed by atoms with Crippen LogP contribution in [0, 0.1) is 11.3 Å². The molecule has 0 unspecified atom stereocenters. The zero-order valence-corrected chi connectivity index (χ0v) is 12.0. The van der Waals surface area contributed by atoms with E-state index in [2.05, 4.69) is 6.58 Å². The highest BCUT2D eigenvalue weighted by molar-refractivity contribution is 5.72. The molecule has 1 N–H and O–H groups in total. The molecule has 0 atom stereocenters. The maximum atomic E-state index is 7.36. The van der Waals surface area contributed by atoms with Gasteiger partial charge in [0.25, 0.3) is 0 Å². The highest BCUT2D eigenvalue weighted by Gasteiger charge is 2.19. The van der Waals surface area contributed by atoms with E-state index in [1.807, 2.05) is 0 Å². The Hall–Kier alpha value is -0.790. The predicted molar refractivity (Wildman–Crippen MR) is 78.2 cm³/mol. The highest BCUT2D eigenvalue weighted by Crippen LogP contribution is 2.35. The van der Waals surface area contributed by atoms with Gasteiger partial charge >= 0.3 is 0 Å². The van der Waals surface area contributed by atoms with E-state index in [-0.39, 0.29) is 0 Å². The summed E-state index contributed by atoms with van der Waals surface area (Å²) in [4.78, 5) is 0. The van der Waals surface area contributed by atoms with Crippen molar-refractivity contribution in [2.24, 2.45) is 5.92 Å². The normalized spacial score (nSPS) is 15.5. The number of rotatable bonds is 10. The van der Waals surface area contributed by atoms with Crippen molar-refractivity contribution in [3.63, 3.8) is 0 Å². The summed E-state index contributed by atoms with van der Waals surface area (Å²) < 4.78 is 4.83. The van der Waals surface area contributed by atoms with Crippen LogP contribution in [0.2, 0.25) is 0 Å². The molecule has 1 fully saturated rings. The van der Waals surface area contributed by atoms with Crippen molar-refractivity contribution in [2.45, 2.75) is 70.6 Å². The van der Waals surface area contributed by atoms with Crippen molar-refractivity contribution in [3.05, 3.63) is 12.2 Å². The molecular weight excluding hydrogens is 222 g/mol. The Kier molecular flexibility index (Phi) is 7.79. The molecule has 0 amide bonds. The first-order valence-electron chi connectivity index (χ1n) is 7.50. The zero-order valence-electron chi connectivity index (χ0n) is 12.0. The molecule has 0 aromatic rings. The Morgan fingerprint density at radius 3 is 2.22 bits per heavy atom. The summed E-state index contributed by atoms with van der Waals surface area (Å²) in [6.07, 6.45) is 14.0. The first kappa shape index (κ1) is 15.3. The average molecular weight is 251 g/mol. The number of hydrogen-bond acceptors (Lipinski definition) is 2. The molecule has 104 valence electrons. The molecule has 1 rings (SSSR count). The molecule has 0 radical (unpaired) electrons. The summed E-state index contributed by atoms with van der Waals surface area (Å²) in [6, 6.07) is 0. The predicted octanol–water partition coefficient (Wildman–Crippen LogP) is 5.09. The van der Waals surface area contributed by atoms with Gasteiger partial charge in [0.1, 0.15) is 0 Å². The SMILES string of the molecule is C=C1CC(CCCCCCCCCC(=N)OC)C1. The standard InChI is InChI=1S/C16H29NO/c1-14-12-15(13-14)10-8-6-4-3-5-7-9-11-16(17)18-2/h15,17H,1,3-13H2,2H3. The van der Waals surface area contributed by atoms with Crippen LogP contribution in [0.3, 0.4) is 0 Å². The van der Waals surface area contributed by atoms with Crippen LogP contribution in [-0.2, 0) is 4.74 Å². The summed E-state index contributed by atoms with van der Waals surface area (Å²) in [5.41, 5.74) is 1.46. The van der Waals surface area contributed by atoms with Crippen LogP contribution < -0.4 is 0 Å². The second-order valence-electron chi connectivity index (χ2n) is 5.67. The molecular formula is C16H29NO. The lowest BCUT2D eigenvalue weighted by Gasteiger charge is -2.28. The average Bonchev–Trinajstić information content (AvgIpc) is 2.33. The van der Waals surface area contributed by atoms with Gasteiger partial charge in [0, 0.05) is 6.42 Å². The maximum absolute atomic E-state index is 7.36. The number of methoxy groups -OCH3 is 1. The summed E-state index contributed by atoms with van der Waals surface area (Å²) in [5.74, 6) is 1.40. The number of allylic oxidation sites excluding steroid dienone is 1. The fraction of sp³-hybridized carbons (Fsp3) is 0.812. The van der Waals surface area contributed by atoms with Crippen LogP contribution in [0.4, 0.5) is 0 Å². The van der Waals surface area contributed by atoms with Gasteiger partial charge in [-0.1, -0.05) is 50.7 Å². The van der Waals surface area contributed by atoms with Gasteiger partial charge < -0.3 is 4.74 Å². The van der Waals surface area contributed by atoms with Crippen molar-refractivity contribution in [1.29, 1.82) is 5.41 Å². The molecule has 2 heteroatoms. The van der Waals surface area contributed by atoms with Crippen molar-refractivity contribution < 1.29 is 4.74 Å². The fourth-order valence-electron chi connectivity index (χ4n) is 2.67. The Labute approximate surface area is 112 Å². The third kappa shape index (κ3) is 6.83. The first-order valence-corrected chi connectivity index (χ1v) is 7.50. The zero-order chi connectivity index (χ0) is 13.2. The van der Waals surface area contributed by atoms with Crippen molar-refractivity contribution in [3.8, 4) is 0 Å². The van der Waals surface area contributed by atoms with Crippen LogP contribution in [0.5, 0.6) is 0 Å². The van der Waals surface area contributed by atoms with E-state index >= 15 is 0 Å². The van der Waals surface area contributed by atoms with E-state index in [0.29, 0.717) is 5.90 Å². The second kappa shape index (κ2) is 9.18. The Morgan fingerprint density at radius 2 is 1.67 bits per heavy atom. The van der Waals surface area contributed by atoms with Crippen LogP contribution >= 0.6 is 0 Å². The van der Waals surface area contributed by atoms with Gasteiger partial charge in [0.05, 0.1) is 7.11 Å². The summed E-state index contributed by atoms with van der Waals surface area (Å²) in [7, 11) is 1.58. The number of unbranched alkanes of at least 4 members (excludes halogenated alkanes) is 6. The molecule has 0 aromatic heterocycles. The van der Waals surface area contributed by atoms with E-state index < -0.39 is 0 Å². The molecule has 0 spiro atoms. The monoisotopic (exact) mass is 251 g/mol. The van der Waals surface area contributed by atoms with Gasteiger partial charge in [0.15, 0.2) is 5.90 Å². The Morgan fingerprint density at radius 1 is 1.11 bits per heavy atom. The molecule has 0 bridgehead atoms. The van der Waals surface area contributed by atoms with Gasteiger partial charge in [-0.3, -0.25) is 5.41 Å². The van der Waals surface area contributed by atoms with Gasteiger partial charge in [-0.15, -0.1) is 0 Å². The van der Waals surface area contributed by atoms with Crippen LogP contribution in [0.15, 0.2) is 12.2 Å². The Balaban J connectivity index is 1.73. The summed E-state index contributed by atoms with van der Waals surface area (Å²) in [6.45, 7) is 3.99. The number of hydrogen-bond donors (Lipinski definition) is 1. The van der Waals surface area contributed by atoms with Crippen LogP contribution in [-0.4, -0.2) is 13.0 Å². The minimum atomic E-state index is 0.428. The van der Waals surface area contributed by atoms with E-state index in [1.165, 1.54) is 63.4 Å². The molecule has 0 heterocycles. The summed E-state index contributed by atoms with van der Waals surface area (Å²) >= 11 is 0. The fourth-order valence-corrected chi connectivity index (χ4v) is 2.67. The second-order valence-corrected chi connectivity index (χ2v) is 5.67. The molecule has 2 nitrogen and oxygen atoms in total. The molecule has 1 aliphatic rings. The van der Waals surface area contributed by atoms with E-state index in [4.69, 9.17) is 10.1 Å². The van der Waals surface area contributed by atoms with Gasteiger partial charge in [0.2, 0.25) is 0 Å². The largest absolute Gasteiger partial charge is 0.484 e. The molecule has 0 saturated heterocycles. The first-order chi connectivity index (χ1) is 8.72. The van der Waals surface area contributed by atoms with Crippen molar-refractivity contribution in [2.75, 3.05) is 7.11 Å². The highest BCUT2D eigenvalue weighted by atomic mass is 16.5. The topological polar surface area (TPSA) is 33.1 Å². The molecule has 0 aliphatic heterocycles. The van der Waals surface area contributed by atoms with Gasteiger partial charge in [-0.05, 0) is 31.6 Å². The maximum Gasteiger partial charge on any atom is 0.180 e. The van der Waals surface area contributed by atoms with E-state index in [9.17, 15) is 0 Å². The third-order valence-electron chi connectivity index (χ3n) is 3.92. The molecule has 1 saturated carbocycles. The Bertz CT molecular complexity index is 252. The molecule has 18 heavy (non-hydrogen) atoms. The van der Waals surface area contributed by atoms with E-state index in [1.54, 1.807) is 7.11 Å². The number of nitrogens with one attached hydrogen (secondary N) is 1. The third-order valence-corrected chi connectivity index (χ3v) is 3.92. The summed E-state index contributed by atoms with van der Waals surface area (Å²) in [5, 5.41) is 7.36. The van der Waals surface area contributed by atoms with Crippen molar-refractivity contribution >= 4 is 5.90 Å². The number of ether oxygens (including phenoxy) is 1. The van der Waals surface area contributed by atoms with Crippen LogP contribution in [0.1, 0.15) is 70.6 Å². The molecule has 1 aliphatic carbocycles. The quantitative estimate of drug-likeness (QED) is 0.249. The van der Waals surface area contributed by atoms with Gasteiger partial charge in [-0.25, -0.2) is 0 Å². The lowest BCUT2D eigenvalue weighted by Crippen LogP contribution is -2.13. The minimum absolute atomic E-state index is 0.428. The van der Waals surface area contributed by atoms with Gasteiger partial charge in [-0.2, -0.15) is 0 Å². The minimum Gasteiger partial charge on any atom is -0.484 e. The van der Waals surface area contributed by atoms with Crippen LogP contribution in [0.25, 0.3) is 0 Å².